The van der Waals surface area contributed by atoms with Gasteiger partial charge in [0.2, 0.25) is 0 Å². The molecule has 0 saturated carbocycles. The number of esters is 1. The van der Waals surface area contributed by atoms with Gasteiger partial charge in [-0.3, -0.25) is 4.79 Å². The summed E-state index contributed by atoms with van der Waals surface area (Å²) in [6.45, 7) is 2.17. The van der Waals surface area contributed by atoms with Gasteiger partial charge in [0.05, 0.1) is 13.0 Å². The zero-order chi connectivity index (χ0) is 10.6. The minimum Gasteiger partial charge on any atom is -0.466 e. The number of anilines is 1. The minimum absolute atomic E-state index is 0.216. The van der Waals surface area contributed by atoms with Crippen molar-refractivity contribution < 1.29 is 9.53 Å². The Bertz CT molecular complexity index is 339. The van der Waals surface area contributed by atoms with Gasteiger partial charge in [-0.1, -0.05) is 6.07 Å². The highest BCUT2D eigenvalue weighted by Gasteiger charge is 2.06. The van der Waals surface area contributed by atoms with Gasteiger partial charge in [0, 0.05) is 10.6 Å². The highest BCUT2D eigenvalue weighted by molar-refractivity contribution is 7.80. The lowest BCUT2D eigenvalue weighted by molar-refractivity contribution is -0.142. The number of nitrogen functional groups attached to an aromatic ring is 1. The Balaban J connectivity index is 2.72. The van der Waals surface area contributed by atoms with Gasteiger partial charge in [0.25, 0.3) is 0 Å². The van der Waals surface area contributed by atoms with Crippen LogP contribution < -0.4 is 5.73 Å². The topological polar surface area (TPSA) is 52.3 Å². The molecule has 0 aromatic heterocycles. The SMILES string of the molecule is CCOC(=O)Cc1ccc(S)cc1N. The van der Waals surface area contributed by atoms with Crippen LogP contribution in [0, 0.1) is 0 Å². The van der Waals surface area contributed by atoms with E-state index in [0.717, 1.165) is 10.5 Å². The number of carbonyl (C=O) groups excluding carboxylic acids is 1. The van der Waals surface area contributed by atoms with Crippen LogP contribution in [0.3, 0.4) is 0 Å². The lowest BCUT2D eigenvalue weighted by Crippen LogP contribution is -2.09. The van der Waals surface area contributed by atoms with Crippen molar-refractivity contribution in [3.63, 3.8) is 0 Å². The average molecular weight is 211 g/mol. The Morgan fingerprint density at radius 3 is 2.86 bits per heavy atom. The number of rotatable bonds is 3. The molecule has 0 aliphatic heterocycles. The van der Waals surface area contributed by atoms with E-state index in [4.69, 9.17) is 10.5 Å². The third kappa shape index (κ3) is 2.96. The molecule has 0 saturated heterocycles. The third-order valence-corrected chi connectivity index (χ3v) is 2.05. The quantitative estimate of drug-likeness (QED) is 0.454. The molecule has 14 heavy (non-hydrogen) atoms. The fourth-order valence-corrected chi connectivity index (χ4v) is 1.32. The van der Waals surface area contributed by atoms with E-state index in [-0.39, 0.29) is 12.4 Å². The summed E-state index contributed by atoms with van der Waals surface area (Å²) in [6.07, 6.45) is 0.216. The second-order valence-corrected chi connectivity index (χ2v) is 3.38. The molecule has 0 heterocycles. The summed E-state index contributed by atoms with van der Waals surface area (Å²) in [5.74, 6) is -0.258. The van der Waals surface area contributed by atoms with Gasteiger partial charge >= 0.3 is 5.97 Å². The van der Waals surface area contributed by atoms with Gasteiger partial charge in [-0.2, -0.15) is 0 Å². The standard InChI is InChI=1S/C10H13NO2S/c1-2-13-10(12)5-7-3-4-8(14)6-9(7)11/h3-4,6,14H,2,5,11H2,1H3. The summed E-state index contributed by atoms with van der Waals surface area (Å²) in [5, 5.41) is 0. The van der Waals surface area contributed by atoms with Gasteiger partial charge < -0.3 is 10.5 Å². The van der Waals surface area contributed by atoms with Crippen molar-refractivity contribution in [2.75, 3.05) is 12.3 Å². The van der Waals surface area contributed by atoms with Crippen LogP contribution in [0.5, 0.6) is 0 Å². The fourth-order valence-electron chi connectivity index (χ4n) is 1.11. The smallest absolute Gasteiger partial charge is 0.310 e. The maximum Gasteiger partial charge on any atom is 0.310 e. The molecule has 0 unspecified atom stereocenters. The number of hydrogen-bond donors (Lipinski definition) is 2. The number of thiol groups is 1. The van der Waals surface area contributed by atoms with Gasteiger partial charge in [0.1, 0.15) is 0 Å². The van der Waals surface area contributed by atoms with Crippen LogP contribution in [-0.2, 0) is 16.0 Å². The van der Waals surface area contributed by atoms with Crippen LogP contribution >= 0.6 is 12.6 Å². The largest absolute Gasteiger partial charge is 0.466 e. The minimum atomic E-state index is -0.258. The van der Waals surface area contributed by atoms with Crippen molar-refractivity contribution in [3.8, 4) is 0 Å². The molecule has 0 amide bonds. The van der Waals surface area contributed by atoms with Crippen LogP contribution in [0.15, 0.2) is 23.1 Å². The van der Waals surface area contributed by atoms with Crippen molar-refractivity contribution in [1.82, 2.24) is 0 Å². The van der Waals surface area contributed by atoms with Crippen LogP contribution in [0.25, 0.3) is 0 Å². The molecule has 1 rings (SSSR count). The molecule has 1 aromatic carbocycles. The van der Waals surface area contributed by atoms with Crippen molar-refractivity contribution in [1.29, 1.82) is 0 Å². The molecular formula is C10H13NO2S. The average Bonchev–Trinajstić information content (AvgIpc) is 2.10. The van der Waals surface area contributed by atoms with Crippen molar-refractivity contribution >= 4 is 24.3 Å². The van der Waals surface area contributed by atoms with Crippen LogP contribution in [0.1, 0.15) is 12.5 Å². The van der Waals surface area contributed by atoms with E-state index in [1.807, 2.05) is 0 Å². The summed E-state index contributed by atoms with van der Waals surface area (Å²) in [6, 6.07) is 5.31. The summed E-state index contributed by atoms with van der Waals surface area (Å²) < 4.78 is 4.82. The first-order chi connectivity index (χ1) is 6.63. The fraction of sp³-hybridized carbons (Fsp3) is 0.300. The van der Waals surface area contributed by atoms with Crippen molar-refractivity contribution in [2.24, 2.45) is 0 Å². The van der Waals surface area contributed by atoms with Crippen LogP contribution in [0.2, 0.25) is 0 Å². The summed E-state index contributed by atoms with van der Waals surface area (Å²) in [5.41, 5.74) is 7.06. The Morgan fingerprint density at radius 2 is 2.29 bits per heavy atom. The van der Waals surface area contributed by atoms with E-state index >= 15 is 0 Å². The molecule has 0 aliphatic rings. The maximum absolute atomic E-state index is 11.2. The van der Waals surface area contributed by atoms with E-state index in [9.17, 15) is 4.79 Å². The van der Waals surface area contributed by atoms with Crippen LogP contribution in [-0.4, -0.2) is 12.6 Å². The zero-order valence-electron chi connectivity index (χ0n) is 7.99. The van der Waals surface area contributed by atoms with Gasteiger partial charge in [0.15, 0.2) is 0 Å². The summed E-state index contributed by atoms with van der Waals surface area (Å²) >= 11 is 4.14. The highest BCUT2D eigenvalue weighted by atomic mass is 32.1. The number of hydrogen-bond acceptors (Lipinski definition) is 4. The molecular weight excluding hydrogens is 198 g/mol. The molecule has 0 aliphatic carbocycles. The monoisotopic (exact) mass is 211 g/mol. The first-order valence-corrected chi connectivity index (χ1v) is 4.81. The predicted octanol–water partition coefficient (Wildman–Crippen LogP) is 1.66. The maximum atomic E-state index is 11.2. The normalized spacial score (nSPS) is 9.86. The third-order valence-electron chi connectivity index (χ3n) is 1.77. The van der Waals surface area contributed by atoms with E-state index in [2.05, 4.69) is 12.6 Å². The number of nitrogens with two attached hydrogens (primary N) is 1. The molecule has 0 spiro atoms. The van der Waals surface area contributed by atoms with Gasteiger partial charge in [-0.25, -0.2) is 0 Å². The lowest BCUT2D eigenvalue weighted by Gasteiger charge is -2.05. The molecule has 0 fully saturated rings. The van der Waals surface area contributed by atoms with Crippen LogP contribution in [0.4, 0.5) is 5.69 Å². The molecule has 0 radical (unpaired) electrons. The Hall–Kier alpha value is -1.16. The second kappa shape index (κ2) is 4.91. The van der Waals surface area contributed by atoms with Gasteiger partial charge in [-0.15, -0.1) is 12.6 Å². The highest BCUT2D eigenvalue weighted by Crippen LogP contribution is 2.17. The Labute approximate surface area is 88.7 Å². The zero-order valence-corrected chi connectivity index (χ0v) is 8.88. The first-order valence-electron chi connectivity index (χ1n) is 4.36. The number of ether oxygens (including phenoxy) is 1. The van der Waals surface area contributed by atoms with E-state index < -0.39 is 0 Å². The van der Waals surface area contributed by atoms with E-state index in [0.29, 0.717) is 12.3 Å². The Kier molecular flexibility index (Phi) is 3.83. The van der Waals surface area contributed by atoms with E-state index in [1.54, 1.807) is 25.1 Å². The van der Waals surface area contributed by atoms with Crippen molar-refractivity contribution in [2.45, 2.75) is 18.2 Å². The number of carbonyl (C=O) groups is 1. The number of benzene rings is 1. The second-order valence-electron chi connectivity index (χ2n) is 2.86. The van der Waals surface area contributed by atoms with E-state index in [1.165, 1.54) is 0 Å². The summed E-state index contributed by atoms with van der Waals surface area (Å²) in [7, 11) is 0. The lowest BCUT2D eigenvalue weighted by atomic mass is 10.1. The molecule has 76 valence electrons. The molecule has 0 atom stereocenters. The first kappa shape index (κ1) is 10.9. The molecule has 0 bridgehead atoms. The van der Waals surface area contributed by atoms with Crippen molar-refractivity contribution in [3.05, 3.63) is 23.8 Å². The van der Waals surface area contributed by atoms with Gasteiger partial charge in [-0.05, 0) is 24.6 Å². The molecule has 3 nitrogen and oxygen atoms in total. The Morgan fingerprint density at radius 1 is 1.57 bits per heavy atom. The molecule has 1 aromatic rings. The molecule has 2 N–H and O–H groups in total. The predicted molar refractivity (Wildman–Crippen MR) is 58.4 cm³/mol. The summed E-state index contributed by atoms with van der Waals surface area (Å²) in [4.78, 5) is 11.9. The molecule has 4 heteroatoms.